The topological polar surface area (TPSA) is 86.9 Å². The van der Waals surface area contributed by atoms with Crippen LogP contribution in [0.2, 0.25) is 0 Å². The fourth-order valence-corrected chi connectivity index (χ4v) is 8.32. The van der Waals surface area contributed by atoms with Crippen LogP contribution in [0.1, 0.15) is 12.8 Å². The van der Waals surface area contributed by atoms with Gasteiger partial charge in [-0.1, -0.05) is 35.7 Å². The third-order valence-electron chi connectivity index (χ3n) is 7.85. The third-order valence-corrected chi connectivity index (χ3v) is 10.4. The van der Waals surface area contributed by atoms with Crippen molar-refractivity contribution in [1.82, 2.24) is 9.88 Å². The Morgan fingerprint density at radius 3 is 2.59 bits per heavy atom. The minimum atomic E-state index is -0.106. The Hall–Kier alpha value is -2.76. The van der Waals surface area contributed by atoms with Crippen LogP contribution < -0.4 is 15.8 Å². The molecule has 2 N–H and O–H groups in total. The van der Waals surface area contributed by atoms with Gasteiger partial charge in [-0.3, -0.25) is 14.5 Å². The number of nitrogens with zero attached hydrogens (tertiary/aromatic N) is 2. The van der Waals surface area contributed by atoms with Crippen molar-refractivity contribution in [3.05, 3.63) is 58.9 Å². The molecule has 1 amide bonds. The first-order valence-electron chi connectivity index (χ1n) is 13.4. The number of benzene rings is 2. The summed E-state index contributed by atoms with van der Waals surface area (Å²) in [5.41, 5.74) is 3.47. The Morgan fingerprint density at radius 2 is 1.77 bits per heavy atom. The van der Waals surface area contributed by atoms with Gasteiger partial charge in [0.15, 0.2) is 0 Å². The molecule has 4 aliphatic heterocycles. The zero-order valence-corrected chi connectivity index (χ0v) is 23.1. The quantitative estimate of drug-likeness (QED) is 0.373. The predicted molar refractivity (Wildman–Crippen MR) is 153 cm³/mol. The number of rotatable bonds is 5. The second-order valence-corrected chi connectivity index (χ2v) is 12.5. The van der Waals surface area contributed by atoms with E-state index in [9.17, 15) is 9.59 Å². The number of carbonyl (C=O) groups excluding carboxylic acids is 1. The van der Waals surface area contributed by atoms with Crippen molar-refractivity contribution >= 4 is 40.8 Å². The van der Waals surface area contributed by atoms with Crippen LogP contribution in [0.3, 0.4) is 0 Å². The first-order chi connectivity index (χ1) is 19.1. The summed E-state index contributed by atoms with van der Waals surface area (Å²) in [6, 6.07) is 16.8. The highest BCUT2D eigenvalue weighted by Gasteiger charge is 2.38. The molecule has 39 heavy (non-hydrogen) atoms. The number of morpholine rings is 2. The fraction of sp³-hybridized carbons (Fsp3) is 0.379. The number of aromatic nitrogens is 1. The van der Waals surface area contributed by atoms with Crippen LogP contribution >= 0.6 is 23.5 Å². The predicted octanol–water partition coefficient (Wildman–Crippen LogP) is 4.30. The molecule has 5 heterocycles. The zero-order valence-electron chi connectivity index (χ0n) is 21.5. The highest BCUT2D eigenvalue weighted by Crippen LogP contribution is 2.52. The third kappa shape index (κ3) is 5.12. The van der Waals surface area contributed by atoms with Crippen LogP contribution in [0.25, 0.3) is 11.3 Å². The Kier molecular flexibility index (Phi) is 6.90. The van der Waals surface area contributed by atoms with Gasteiger partial charge in [0, 0.05) is 67.8 Å². The molecule has 1 aromatic heterocycles. The standard InChI is InChI=1S/C29H30N4O4S2/c34-27-14-21(32-8-10-36-11-9-32)13-23(31-27)22-2-1-3-25-29(22)39-24-7-4-18(12-26(24)38-25)30-28(35)15-33-19-5-6-20(33)17-37-16-19/h1-4,7,12-14,19-20H,5-6,8-11,15-17H2,(H,30,35)(H,31,34). The maximum absolute atomic E-state index is 12.9. The van der Waals surface area contributed by atoms with Crippen LogP contribution in [-0.4, -0.2) is 73.9 Å². The molecule has 2 bridgehead atoms. The first-order valence-corrected chi connectivity index (χ1v) is 15.1. The average Bonchev–Trinajstić information content (AvgIpc) is 3.15. The molecular weight excluding hydrogens is 532 g/mol. The number of pyridine rings is 1. The van der Waals surface area contributed by atoms with Gasteiger partial charge in [0.2, 0.25) is 11.5 Å². The SMILES string of the molecule is O=C(CN1C2CCC1COC2)Nc1ccc2c(c1)Sc1cccc(-c3cc(N4CCOCC4)cc(=O)[nH]3)c1S2. The van der Waals surface area contributed by atoms with Gasteiger partial charge in [0.05, 0.1) is 38.7 Å². The number of fused-ring (bicyclic) bond motifs is 4. The van der Waals surface area contributed by atoms with E-state index in [0.717, 1.165) is 81.4 Å². The molecule has 2 unspecified atom stereocenters. The summed E-state index contributed by atoms with van der Waals surface area (Å²) in [6.45, 7) is 4.75. The molecule has 0 saturated carbocycles. The molecule has 202 valence electrons. The number of carbonyl (C=O) groups is 1. The van der Waals surface area contributed by atoms with E-state index in [2.05, 4.69) is 50.4 Å². The van der Waals surface area contributed by atoms with Crippen LogP contribution in [-0.2, 0) is 14.3 Å². The van der Waals surface area contributed by atoms with Crippen LogP contribution in [0.5, 0.6) is 0 Å². The van der Waals surface area contributed by atoms with E-state index in [1.165, 1.54) is 0 Å². The van der Waals surface area contributed by atoms with Crippen molar-refractivity contribution in [3.8, 4) is 11.3 Å². The Morgan fingerprint density at radius 1 is 0.949 bits per heavy atom. The van der Waals surface area contributed by atoms with E-state index < -0.39 is 0 Å². The Bertz CT molecular complexity index is 1460. The summed E-state index contributed by atoms with van der Waals surface area (Å²) >= 11 is 3.40. The van der Waals surface area contributed by atoms with Crippen molar-refractivity contribution in [3.63, 3.8) is 0 Å². The largest absolute Gasteiger partial charge is 0.378 e. The molecule has 7 rings (SSSR count). The van der Waals surface area contributed by atoms with E-state index in [1.54, 1.807) is 29.6 Å². The molecule has 10 heteroatoms. The fourth-order valence-electron chi connectivity index (χ4n) is 5.91. The lowest BCUT2D eigenvalue weighted by Crippen LogP contribution is -2.48. The monoisotopic (exact) mass is 562 g/mol. The molecule has 3 saturated heterocycles. The summed E-state index contributed by atoms with van der Waals surface area (Å²) in [7, 11) is 0. The van der Waals surface area contributed by atoms with Crippen LogP contribution in [0.4, 0.5) is 11.4 Å². The van der Waals surface area contributed by atoms with Gasteiger partial charge in [0.25, 0.3) is 0 Å². The lowest BCUT2D eigenvalue weighted by atomic mass is 10.1. The van der Waals surface area contributed by atoms with Crippen molar-refractivity contribution in [2.24, 2.45) is 0 Å². The van der Waals surface area contributed by atoms with Crippen LogP contribution in [0.15, 0.2) is 72.9 Å². The second-order valence-electron chi connectivity index (χ2n) is 10.4. The molecule has 8 nitrogen and oxygen atoms in total. The smallest absolute Gasteiger partial charge is 0.250 e. The Labute approximate surface area is 235 Å². The van der Waals surface area contributed by atoms with Crippen LogP contribution in [0, 0.1) is 0 Å². The summed E-state index contributed by atoms with van der Waals surface area (Å²) in [5, 5.41) is 3.12. The highest BCUT2D eigenvalue weighted by atomic mass is 32.2. The van der Waals surface area contributed by atoms with E-state index in [-0.39, 0.29) is 11.5 Å². The van der Waals surface area contributed by atoms with E-state index >= 15 is 0 Å². The highest BCUT2D eigenvalue weighted by molar-refractivity contribution is 8.05. The van der Waals surface area contributed by atoms with Gasteiger partial charge in [0.1, 0.15) is 0 Å². The average molecular weight is 563 g/mol. The van der Waals surface area contributed by atoms with Gasteiger partial charge in [-0.15, -0.1) is 0 Å². The number of ether oxygens (including phenoxy) is 2. The molecule has 4 aliphatic rings. The second kappa shape index (κ2) is 10.7. The lowest BCUT2D eigenvalue weighted by Gasteiger charge is -2.33. The number of aromatic amines is 1. The molecule has 2 atom stereocenters. The van der Waals surface area contributed by atoms with Gasteiger partial charge < -0.3 is 24.7 Å². The number of H-pyrrole nitrogens is 1. The van der Waals surface area contributed by atoms with Crippen molar-refractivity contribution in [2.75, 3.05) is 56.3 Å². The summed E-state index contributed by atoms with van der Waals surface area (Å²) in [4.78, 5) is 37.6. The Balaban J connectivity index is 1.10. The normalized spacial score (nSPS) is 22.3. The zero-order chi connectivity index (χ0) is 26.3. The first kappa shape index (κ1) is 25.2. The molecule has 0 spiro atoms. The van der Waals surface area contributed by atoms with E-state index in [0.29, 0.717) is 31.8 Å². The van der Waals surface area contributed by atoms with Gasteiger partial charge >= 0.3 is 0 Å². The number of hydrogen-bond donors (Lipinski definition) is 2. The number of hydrogen-bond acceptors (Lipinski definition) is 8. The molecule has 0 radical (unpaired) electrons. The molecule has 0 aliphatic carbocycles. The maximum atomic E-state index is 12.9. The maximum Gasteiger partial charge on any atom is 0.250 e. The van der Waals surface area contributed by atoms with Crippen molar-refractivity contribution in [2.45, 2.75) is 44.5 Å². The molecular formula is C29H30N4O4S2. The van der Waals surface area contributed by atoms with Gasteiger partial charge in [-0.05, 0) is 43.2 Å². The number of amides is 1. The number of nitrogens with one attached hydrogen (secondary N) is 2. The van der Waals surface area contributed by atoms with E-state index in [4.69, 9.17) is 9.47 Å². The minimum Gasteiger partial charge on any atom is -0.378 e. The number of anilines is 2. The summed E-state index contributed by atoms with van der Waals surface area (Å²) < 4.78 is 11.1. The molecule has 3 fully saturated rings. The molecule has 3 aromatic rings. The lowest BCUT2D eigenvalue weighted by molar-refractivity contribution is -0.120. The summed E-state index contributed by atoms with van der Waals surface area (Å²) in [5.74, 6) is 0.0222. The van der Waals surface area contributed by atoms with E-state index in [1.807, 2.05) is 12.1 Å². The van der Waals surface area contributed by atoms with Gasteiger partial charge in [-0.25, -0.2) is 0 Å². The minimum absolute atomic E-state index is 0.0222. The van der Waals surface area contributed by atoms with Gasteiger partial charge in [-0.2, -0.15) is 0 Å². The van der Waals surface area contributed by atoms with Crippen molar-refractivity contribution in [1.29, 1.82) is 0 Å². The summed E-state index contributed by atoms with van der Waals surface area (Å²) in [6.07, 6.45) is 2.22. The molecule has 2 aromatic carbocycles. The van der Waals surface area contributed by atoms with Crippen molar-refractivity contribution < 1.29 is 14.3 Å².